The number of rotatable bonds is 10. The molecule has 8 nitrogen and oxygen atoms in total. The van der Waals surface area contributed by atoms with E-state index < -0.39 is 15.4 Å². The van der Waals surface area contributed by atoms with Crippen LogP contribution >= 0.6 is 23.2 Å². The van der Waals surface area contributed by atoms with Gasteiger partial charge in [-0.25, -0.2) is 13.1 Å². The molecule has 0 saturated heterocycles. The standard InChI is InChI=1S/C25H29Cl2N5O3S/c1-25(2,19-10-17(14-28)24(22(27)11-19)35-9-8-26)18-6-4-16(5-7-18)23(31-29)15-30-20-12-21(13-20)32-36(3,33)34/h4-7,10-11,15,20-21,32H,8-9,12-13,29H2,1-3H3/b30-15?,31-23+. The van der Waals surface area contributed by atoms with Gasteiger partial charge >= 0.3 is 0 Å². The minimum absolute atomic E-state index is 0.0228. The quantitative estimate of drug-likeness (QED) is 0.200. The van der Waals surface area contributed by atoms with E-state index in [9.17, 15) is 13.7 Å². The predicted octanol–water partition coefficient (Wildman–Crippen LogP) is 3.97. The van der Waals surface area contributed by atoms with E-state index in [1.807, 2.05) is 44.2 Å². The van der Waals surface area contributed by atoms with Crippen molar-refractivity contribution in [3.8, 4) is 11.8 Å². The average Bonchev–Trinajstić information content (AvgIpc) is 2.80. The Bertz CT molecular complexity index is 1300. The van der Waals surface area contributed by atoms with Crippen molar-refractivity contribution in [2.24, 2.45) is 15.9 Å². The molecule has 0 heterocycles. The molecule has 1 saturated carbocycles. The SMILES string of the molecule is CC(C)(c1ccc(/C(C=NC2CC(NS(C)(=O)=O)C2)=N/N)cc1)c1cc(Cl)c(OCCCl)c(C#N)c1. The van der Waals surface area contributed by atoms with E-state index in [2.05, 4.69) is 20.9 Å². The van der Waals surface area contributed by atoms with Crippen LogP contribution in [0.5, 0.6) is 5.75 Å². The summed E-state index contributed by atoms with van der Waals surface area (Å²) in [7, 11) is -3.22. The molecule has 1 fully saturated rings. The molecule has 0 spiro atoms. The fraction of sp³-hybridized carbons (Fsp3) is 0.400. The molecular formula is C25H29Cl2N5O3S. The number of benzene rings is 2. The van der Waals surface area contributed by atoms with Crippen molar-refractivity contribution in [2.45, 2.75) is 44.2 Å². The fourth-order valence-electron chi connectivity index (χ4n) is 4.02. The Morgan fingerprint density at radius 2 is 1.94 bits per heavy atom. The first-order chi connectivity index (χ1) is 17.0. The Labute approximate surface area is 222 Å². The van der Waals surface area contributed by atoms with Crippen LogP contribution in [0.25, 0.3) is 0 Å². The van der Waals surface area contributed by atoms with Gasteiger partial charge in [0.2, 0.25) is 10.0 Å². The zero-order valence-corrected chi connectivity index (χ0v) is 22.7. The molecule has 2 aromatic rings. The molecule has 3 N–H and O–H groups in total. The van der Waals surface area contributed by atoms with Crippen LogP contribution in [-0.4, -0.2) is 51.2 Å². The van der Waals surface area contributed by atoms with Gasteiger partial charge in [0, 0.05) is 23.2 Å². The van der Waals surface area contributed by atoms with Crippen molar-refractivity contribution < 1.29 is 13.2 Å². The summed E-state index contributed by atoms with van der Waals surface area (Å²) in [6.07, 6.45) is 4.05. The van der Waals surface area contributed by atoms with Gasteiger partial charge in [0.25, 0.3) is 0 Å². The number of aliphatic imine (C=N–C) groups is 1. The van der Waals surface area contributed by atoms with E-state index in [0.717, 1.165) is 22.9 Å². The topological polar surface area (TPSA) is 130 Å². The first-order valence-corrected chi connectivity index (χ1v) is 14.1. The van der Waals surface area contributed by atoms with E-state index in [4.69, 9.17) is 33.8 Å². The Kier molecular flexibility index (Phi) is 9.01. The first kappa shape index (κ1) is 27.9. The molecule has 0 bridgehead atoms. The predicted molar refractivity (Wildman–Crippen MR) is 145 cm³/mol. The molecule has 0 amide bonds. The highest BCUT2D eigenvalue weighted by molar-refractivity contribution is 7.88. The summed E-state index contributed by atoms with van der Waals surface area (Å²) in [4.78, 5) is 4.50. The normalized spacial score (nSPS) is 18.6. The lowest BCUT2D eigenvalue weighted by atomic mass is 9.77. The second-order valence-electron chi connectivity index (χ2n) is 9.19. The molecule has 3 rings (SSSR count). The van der Waals surface area contributed by atoms with E-state index in [1.165, 1.54) is 0 Å². The number of nitriles is 1. The van der Waals surface area contributed by atoms with Gasteiger partial charge in [0.15, 0.2) is 5.75 Å². The Hall–Kier alpha value is -2.64. The van der Waals surface area contributed by atoms with Crippen molar-refractivity contribution in [1.29, 1.82) is 5.26 Å². The first-order valence-electron chi connectivity index (χ1n) is 11.3. The Morgan fingerprint density at radius 1 is 1.28 bits per heavy atom. The third-order valence-corrected chi connectivity index (χ3v) is 7.35. The summed E-state index contributed by atoms with van der Waals surface area (Å²) in [5.74, 6) is 6.24. The summed E-state index contributed by atoms with van der Waals surface area (Å²) in [5.41, 5.74) is 3.08. The molecule has 0 atom stereocenters. The summed E-state index contributed by atoms with van der Waals surface area (Å²) in [5, 5.41) is 13.8. The molecule has 1 aliphatic rings. The maximum absolute atomic E-state index is 11.3. The van der Waals surface area contributed by atoms with Gasteiger partial charge in [-0.2, -0.15) is 10.4 Å². The molecular weight excluding hydrogens is 521 g/mol. The maximum Gasteiger partial charge on any atom is 0.208 e. The van der Waals surface area contributed by atoms with Gasteiger partial charge in [-0.05, 0) is 36.1 Å². The highest BCUT2D eigenvalue weighted by Gasteiger charge is 2.30. The number of sulfonamides is 1. The van der Waals surface area contributed by atoms with E-state index >= 15 is 0 Å². The number of hydrazone groups is 1. The highest BCUT2D eigenvalue weighted by atomic mass is 35.5. The second-order valence-corrected chi connectivity index (χ2v) is 11.8. The number of ether oxygens (including phenoxy) is 1. The minimum Gasteiger partial charge on any atom is -0.489 e. The van der Waals surface area contributed by atoms with Crippen molar-refractivity contribution in [3.63, 3.8) is 0 Å². The Morgan fingerprint density at radius 3 is 2.50 bits per heavy atom. The fourth-order valence-corrected chi connectivity index (χ4v) is 5.16. The largest absolute Gasteiger partial charge is 0.489 e. The molecule has 1 aliphatic carbocycles. The highest BCUT2D eigenvalue weighted by Crippen LogP contribution is 2.38. The number of nitrogens with two attached hydrogens (primary N) is 1. The minimum atomic E-state index is -3.22. The van der Waals surface area contributed by atoms with E-state index in [0.29, 0.717) is 40.8 Å². The zero-order valence-electron chi connectivity index (χ0n) is 20.3. The van der Waals surface area contributed by atoms with Gasteiger partial charge in [-0.1, -0.05) is 49.7 Å². The van der Waals surface area contributed by atoms with Gasteiger partial charge < -0.3 is 10.6 Å². The summed E-state index contributed by atoms with van der Waals surface area (Å²) in [6, 6.07) is 13.5. The van der Waals surface area contributed by atoms with Crippen LogP contribution in [0.15, 0.2) is 46.5 Å². The number of nitrogens with one attached hydrogen (secondary N) is 1. The number of nitrogens with zero attached hydrogens (tertiary/aromatic N) is 3. The molecule has 11 heteroatoms. The molecule has 0 aliphatic heterocycles. The Balaban J connectivity index is 1.75. The van der Waals surface area contributed by atoms with Crippen molar-refractivity contribution in [2.75, 3.05) is 18.7 Å². The third kappa shape index (κ3) is 6.77. The number of hydrogen-bond donors (Lipinski definition) is 2. The van der Waals surface area contributed by atoms with E-state index in [-0.39, 0.29) is 18.7 Å². The van der Waals surface area contributed by atoms with Crippen LogP contribution in [0.3, 0.4) is 0 Å². The van der Waals surface area contributed by atoms with Gasteiger partial charge in [0.05, 0.1) is 28.8 Å². The smallest absolute Gasteiger partial charge is 0.208 e. The second kappa shape index (κ2) is 11.6. The zero-order chi connectivity index (χ0) is 26.5. The number of alkyl halides is 1. The van der Waals surface area contributed by atoms with Crippen molar-refractivity contribution >= 4 is 45.2 Å². The summed E-state index contributed by atoms with van der Waals surface area (Å²) < 4.78 is 30.8. The number of halogens is 2. The molecule has 36 heavy (non-hydrogen) atoms. The van der Waals surface area contributed by atoms with Crippen LogP contribution in [0, 0.1) is 11.3 Å². The monoisotopic (exact) mass is 549 g/mol. The van der Waals surface area contributed by atoms with Crippen molar-refractivity contribution in [3.05, 3.63) is 63.7 Å². The average molecular weight is 551 g/mol. The summed E-state index contributed by atoms with van der Waals surface area (Å²) in [6.45, 7) is 4.35. The lowest BCUT2D eigenvalue weighted by molar-refractivity contribution is 0.330. The van der Waals surface area contributed by atoms with Gasteiger partial charge in [-0.15, -0.1) is 11.6 Å². The van der Waals surface area contributed by atoms with Crippen LogP contribution in [0.2, 0.25) is 5.02 Å². The lowest BCUT2D eigenvalue weighted by Crippen LogP contribution is -2.45. The number of hydrogen-bond acceptors (Lipinski definition) is 7. The van der Waals surface area contributed by atoms with Crippen LogP contribution in [-0.2, 0) is 15.4 Å². The summed E-state index contributed by atoms with van der Waals surface area (Å²) >= 11 is 12.2. The molecule has 0 aromatic heterocycles. The lowest BCUT2D eigenvalue weighted by Gasteiger charge is -2.32. The van der Waals surface area contributed by atoms with Gasteiger partial charge in [-0.3, -0.25) is 4.99 Å². The van der Waals surface area contributed by atoms with Crippen LogP contribution < -0.4 is 15.3 Å². The molecule has 0 unspecified atom stereocenters. The maximum atomic E-state index is 11.3. The third-order valence-electron chi connectivity index (χ3n) is 6.15. The van der Waals surface area contributed by atoms with Crippen LogP contribution in [0.4, 0.5) is 0 Å². The molecule has 2 aromatic carbocycles. The molecule has 0 radical (unpaired) electrons. The molecule has 192 valence electrons. The van der Waals surface area contributed by atoms with E-state index in [1.54, 1.807) is 12.3 Å². The van der Waals surface area contributed by atoms with Gasteiger partial charge in [0.1, 0.15) is 18.4 Å². The van der Waals surface area contributed by atoms with Crippen LogP contribution in [0.1, 0.15) is 48.9 Å². The van der Waals surface area contributed by atoms with Crippen molar-refractivity contribution in [1.82, 2.24) is 4.72 Å².